The number of fused-ring (bicyclic) bond motifs is 1. The Bertz CT molecular complexity index is 1020. The minimum Gasteiger partial charge on any atom is -0.353 e. The Labute approximate surface area is 171 Å². The molecule has 0 aliphatic heterocycles. The third-order valence-corrected chi connectivity index (χ3v) is 5.56. The molecule has 2 unspecified atom stereocenters. The van der Waals surface area contributed by atoms with Gasteiger partial charge in [0.25, 0.3) is 5.91 Å². The Morgan fingerprint density at radius 2 is 1.83 bits per heavy atom. The van der Waals surface area contributed by atoms with E-state index in [2.05, 4.69) is 35.8 Å². The van der Waals surface area contributed by atoms with Crippen LogP contribution in [0.4, 0.5) is 5.69 Å². The fraction of sp³-hybridized carbons (Fsp3) is 0.280. The van der Waals surface area contributed by atoms with Crippen molar-refractivity contribution in [2.75, 3.05) is 5.32 Å². The highest BCUT2D eigenvalue weighted by atomic mass is 16.2. The molecule has 2 atom stereocenters. The molecule has 4 rings (SSSR count). The van der Waals surface area contributed by atoms with Crippen molar-refractivity contribution in [3.63, 3.8) is 0 Å². The van der Waals surface area contributed by atoms with Crippen LogP contribution in [0.5, 0.6) is 0 Å². The summed E-state index contributed by atoms with van der Waals surface area (Å²) in [7, 11) is 0. The van der Waals surface area contributed by atoms with Crippen molar-refractivity contribution in [1.82, 2.24) is 5.32 Å². The Hall–Kier alpha value is -3.14. The second-order valence-electron chi connectivity index (χ2n) is 8.03. The minimum absolute atomic E-state index is 0.00618. The molecule has 0 spiro atoms. The molecule has 4 nitrogen and oxygen atoms in total. The first kappa shape index (κ1) is 19.2. The van der Waals surface area contributed by atoms with Crippen molar-refractivity contribution in [1.29, 1.82) is 0 Å². The lowest BCUT2D eigenvalue weighted by molar-refractivity contribution is -0.119. The molecule has 0 saturated carbocycles. The first-order chi connectivity index (χ1) is 14.0. The van der Waals surface area contributed by atoms with Gasteiger partial charge in [-0.25, -0.2) is 0 Å². The van der Waals surface area contributed by atoms with E-state index in [9.17, 15) is 9.59 Å². The van der Waals surface area contributed by atoms with Gasteiger partial charge in [0.2, 0.25) is 5.91 Å². The zero-order valence-corrected chi connectivity index (χ0v) is 16.9. The van der Waals surface area contributed by atoms with E-state index < -0.39 is 0 Å². The Morgan fingerprint density at radius 1 is 1.03 bits per heavy atom. The SMILES string of the molecule is CC(=O)NC1Cc2ccc(NC(=O)c3ccccc3C3=CC(C)CC=C3)cc2C1. The molecule has 0 heterocycles. The Kier molecular flexibility index (Phi) is 5.34. The highest BCUT2D eigenvalue weighted by Gasteiger charge is 2.23. The molecule has 2 aliphatic carbocycles. The number of nitrogens with one attached hydrogen (secondary N) is 2. The third-order valence-electron chi connectivity index (χ3n) is 5.56. The molecule has 148 valence electrons. The number of carbonyl (C=O) groups excluding carboxylic acids is 2. The topological polar surface area (TPSA) is 58.2 Å². The largest absolute Gasteiger partial charge is 0.353 e. The molecule has 2 aromatic rings. The molecule has 0 radical (unpaired) electrons. The second-order valence-corrected chi connectivity index (χ2v) is 8.03. The van der Waals surface area contributed by atoms with Crippen LogP contribution in [-0.4, -0.2) is 17.9 Å². The van der Waals surface area contributed by atoms with Crippen LogP contribution >= 0.6 is 0 Å². The highest BCUT2D eigenvalue weighted by molar-refractivity contribution is 6.08. The maximum Gasteiger partial charge on any atom is 0.256 e. The fourth-order valence-corrected chi connectivity index (χ4v) is 4.24. The second kappa shape index (κ2) is 8.08. The molecule has 0 aromatic heterocycles. The van der Waals surface area contributed by atoms with Crippen LogP contribution in [0.15, 0.2) is 60.7 Å². The molecular formula is C25H26N2O2. The first-order valence-electron chi connectivity index (χ1n) is 10.2. The summed E-state index contributed by atoms with van der Waals surface area (Å²) in [6.45, 7) is 3.73. The molecule has 2 aromatic carbocycles. The lowest BCUT2D eigenvalue weighted by atomic mass is 9.91. The van der Waals surface area contributed by atoms with E-state index in [1.54, 1.807) is 6.92 Å². The van der Waals surface area contributed by atoms with Crippen LogP contribution in [-0.2, 0) is 17.6 Å². The quantitative estimate of drug-likeness (QED) is 0.812. The molecule has 2 amide bonds. The molecule has 0 bridgehead atoms. The normalized spacial score (nSPS) is 20.0. The lowest BCUT2D eigenvalue weighted by Crippen LogP contribution is -2.33. The van der Waals surface area contributed by atoms with E-state index in [1.807, 2.05) is 42.5 Å². The summed E-state index contributed by atoms with van der Waals surface area (Å²) in [6, 6.07) is 13.9. The van der Waals surface area contributed by atoms with E-state index in [0.717, 1.165) is 36.1 Å². The minimum atomic E-state index is -0.107. The summed E-state index contributed by atoms with van der Waals surface area (Å²) in [5.74, 6) is 0.359. The molecule has 2 N–H and O–H groups in total. The number of rotatable bonds is 4. The smallest absolute Gasteiger partial charge is 0.256 e. The van der Waals surface area contributed by atoms with Gasteiger partial charge in [-0.15, -0.1) is 0 Å². The molecule has 29 heavy (non-hydrogen) atoms. The van der Waals surface area contributed by atoms with Crippen LogP contribution in [0.3, 0.4) is 0 Å². The van der Waals surface area contributed by atoms with Crippen LogP contribution in [0.25, 0.3) is 5.57 Å². The number of carbonyl (C=O) groups is 2. The summed E-state index contributed by atoms with van der Waals surface area (Å²) >= 11 is 0. The predicted molar refractivity (Wildman–Crippen MR) is 117 cm³/mol. The van der Waals surface area contributed by atoms with Gasteiger partial charge in [0.05, 0.1) is 0 Å². The van der Waals surface area contributed by atoms with Gasteiger partial charge in [0.1, 0.15) is 0 Å². The van der Waals surface area contributed by atoms with Gasteiger partial charge in [-0.3, -0.25) is 9.59 Å². The number of hydrogen-bond acceptors (Lipinski definition) is 2. The number of anilines is 1. The number of amides is 2. The van der Waals surface area contributed by atoms with Crippen molar-refractivity contribution in [3.05, 3.63) is 82.9 Å². The van der Waals surface area contributed by atoms with Gasteiger partial charge >= 0.3 is 0 Å². The maximum absolute atomic E-state index is 13.0. The van der Waals surface area contributed by atoms with Crippen LogP contribution in [0, 0.1) is 5.92 Å². The first-order valence-corrected chi connectivity index (χ1v) is 10.2. The zero-order chi connectivity index (χ0) is 20.4. The Morgan fingerprint density at radius 3 is 2.62 bits per heavy atom. The lowest BCUT2D eigenvalue weighted by Gasteiger charge is -2.16. The van der Waals surface area contributed by atoms with Crippen molar-refractivity contribution in [2.24, 2.45) is 5.92 Å². The van der Waals surface area contributed by atoms with Crippen molar-refractivity contribution >= 4 is 23.1 Å². The molecule has 0 fully saturated rings. The summed E-state index contributed by atoms with van der Waals surface area (Å²) < 4.78 is 0. The summed E-state index contributed by atoms with van der Waals surface area (Å²) in [5, 5.41) is 6.04. The zero-order valence-electron chi connectivity index (χ0n) is 16.9. The number of allylic oxidation sites excluding steroid dienone is 4. The summed E-state index contributed by atoms with van der Waals surface area (Å²) in [4.78, 5) is 24.4. The predicted octanol–water partition coefficient (Wildman–Crippen LogP) is 4.52. The van der Waals surface area contributed by atoms with Crippen molar-refractivity contribution < 1.29 is 9.59 Å². The maximum atomic E-state index is 13.0. The average molecular weight is 386 g/mol. The van der Waals surface area contributed by atoms with Crippen LogP contribution < -0.4 is 10.6 Å². The van der Waals surface area contributed by atoms with Gasteiger partial charge in [-0.05, 0) is 65.6 Å². The third kappa shape index (κ3) is 4.32. The summed E-state index contributed by atoms with van der Waals surface area (Å²) in [6.07, 6.45) is 9.16. The van der Waals surface area contributed by atoms with Gasteiger partial charge in [0, 0.05) is 24.2 Å². The molecule has 0 saturated heterocycles. The van der Waals surface area contributed by atoms with E-state index in [0.29, 0.717) is 11.5 Å². The van der Waals surface area contributed by atoms with Crippen LogP contribution in [0.1, 0.15) is 47.3 Å². The average Bonchev–Trinajstić information content (AvgIpc) is 3.08. The van der Waals surface area contributed by atoms with E-state index >= 15 is 0 Å². The van der Waals surface area contributed by atoms with Gasteiger partial charge in [0.15, 0.2) is 0 Å². The standard InChI is InChI=1S/C25H26N2O2/c1-16-6-5-7-19(12-16)23-8-3-4-9-24(23)25(29)27-21-11-10-18-13-22(26-17(2)28)15-20(18)14-21/h3-5,7-12,14,16,22H,6,13,15H2,1-2H3,(H,26,28)(H,27,29). The van der Waals surface area contributed by atoms with Gasteiger partial charge in [-0.1, -0.05) is 49.4 Å². The Balaban J connectivity index is 1.53. The van der Waals surface area contributed by atoms with E-state index in [1.165, 1.54) is 11.1 Å². The fourth-order valence-electron chi connectivity index (χ4n) is 4.24. The molecule has 4 heteroatoms. The monoisotopic (exact) mass is 386 g/mol. The summed E-state index contributed by atoms with van der Waals surface area (Å²) in [5.41, 5.74) is 5.93. The van der Waals surface area contributed by atoms with E-state index in [-0.39, 0.29) is 17.9 Å². The van der Waals surface area contributed by atoms with Gasteiger partial charge < -0.3 is 10.6 Å². The number of benzene rings is 2. The van der Waals surface area contributed by atoms with E-state index in [4.69, 9.17) is 0 Å². The highest BCUT2D eigenvalue weighted by Crippen LogP contribution is 2.29. The molecule has 2 aliphatic rings. The molecular weight excluding hydrogens is 360 g/mol. The van der Waals surface area contributed by atoms with Crippen LogP contribution in [0.2, 0.25) is 0 Å². The van der Waals surface area contributed by atoms with Crippen molar-refractivity contribution in [2.45, 2.75) is 39.2 Å². The van der Waals surface area contributed by atoms with Gasteiger partial charge in [-0.2, -0.15) is 0 Å². The number of hydrogen-bond donors (Lipinski definition) is 2. The van der Waals surface area contributed by atoms with Crippen molar-refractivity contribution in [3.8, 4) is 0 Å².